The van der Waals surface area contributed by atoms with Crippen LogP contribution in [0.4, 0.5) is 5.69 Å². The second-order valence-corrected chi connectivity index (χ2v) is 8.01. The van der Waals surface area contributed by atoms with Crippen molar-refractivity contribution in [2.24, 2.45) is 0 Å². The molecule has 0 aliphatic carbocycles. The Balaban J connectivity index is 1.19. The number of hydrogen-bond acceptors (Lipinski definition) is 6. The molecule has 7 heteroatoms. The molecule has 29 heavy (non-hydrogen) atoms. The zero-order valence-electron chi connectivity index (χ0n) is 16.6. The summed E-state index contributed by atoms with van der Waals surface area (Å²) in [4.78, 5) is 4.64. The molecule has 4 rings (SSSR count). The van der Waals surface area contributed by atoms with Crippen LogP contribution < -0.4 is 14.4 Å². The Labute approximate surface area is 176 Å². The molecule has 2 aromatic carbocycles. The Morgan fingerprint density at radius 3 is 2.69 bits per heavy atom. The van der Waals surface area contributed by atoms with Crippen LogP contribution in [0.2, 0.25) is 5.02 Å². The van der Waals surface area contributed by atoms with Gasteiger partial charge in [-0.3, -0.25) is 4.90 Å². The molecule has 0 unspecified atom stereocenters. The number of ether oxygens (including phenoxy) is 3. The van der Waals surface area contributed by atoms with Crippen LogP contribution in [0.5, 0.6) is 11.5 Å². The Morgan fingerprint density at radius 1 is 1.07 bits per heavy atom. The minimum Gasteiger partial charge on any atom is -0.454 e. The van der Waals surface area contributed by atoms with Crippen LogP contribution in [0.15, 0.2) is 36.4 Å². The summed E-state index contributed by atoms with van der Waals surface area (Å²) in [6.07, 6.45) is -0.511. The first-order valence-corrected chi connectivity index (χ1v) is 10.3. The molecule has 1 N–H and O–H groups in total. The van der Waals surface area contributed by atoms with Crippen LogP contribution in [0, 0.1) is 6.92 Å². The summed E-state index contributed by atoms with van der Waals surface area (Å²) < 4.78 is 16.4. The lowest BCUT2D eigenvalue weighted by Gasteiger charge is -2.37. The van der Waals surface area contributed by atoms with Crippen molar-refractivity contribution in [3.05, 3.63) is 52.5 Å². The molecule has 1 saturated heterocycles. The predicted octanol–water partition coefficient (Wildman–Crippen LogP) is 3.08. The molecule has 2 heterocycles. The maximum absolute atomic E-state index is 10.4. The average Bonchev–Trinajstić information content (AvgIpc) is 3.18. The number of β-amino-alcohol motifs (C(OH)–C–C–N with tert-alkyl or cyclic N) is 1. The van der Waals surface area contributed by atoms with Crippen LogP contribution in [-0.2, 0) is 11.3 Å². The van der Waals surface area contributed by atoms with E-state index < -0.39 is 6.10 Å². The highest BCUT2D eigenvalue weighted by molar-refractivity contribution is 6.30. The number of piperazine rings is 1. The summed E-state index contributed by atoms with van der Waals surface area (Å²) in [5.41, 5.74) is 3.44. The van der Waals surface area contributed by atoms with Crippen LogP contribution in [0.3, 0.4) is 0 Å². The molecule has 1 fully saturated rings. The van der Waals surface area contributed by atoms with E-state index in [1.54, 1.807) is 0 Å². The van der Waals surface area contributed by atoms with Gasteiger partial charge in [0.05, 0.1) is 19.3 Å². The summed E-state index contributed by atoms with van der Waals surface area (Å²) in [5, 5.41) is 11.1. The van der Waals surface area contributed by atoms with Gasteiger partial charge in [-0.2, -0.15) is 0 Å². The minimum absolute atomic E-state index is 0.266. The molecule has 2 aliphatic rings. The topological polar surface area (TPSA) is 54.4 Å². The smallest absolute Gasteiger partial charge is 0.231 e. The zero-order valence-corrected chi connectivity index (χ0v) is 17.4. The molecule has 6 nitrogen and oxygen atoms in total. The van der Waals surface area contributed by atoms with Gasteiger partial charge in [-0.15, -0.1) is 0 Å². The summed E-state index contributed by atoms with van der Waals surface area (Å²) >= 11 is 6.16. The van der Waals surface area contributed by atoms with Crippen molar-refractivity contribution in [1.82, 2.24) is 4.90 Å². The Morgan fingerprint density at radius 2 is 1.86 bits per heavy atom. The second-order valence-electron chi connectivity index (χ2n) is 7.58. The first-order valence-electron chi connectivity index (χ1n) is 9.96. The van der Waals surface area contributed by atoms with Crippen molar-refractivity contribution < 1.29 is 19.3 Å². The normalized spacial score (nSPS) is 17.6. The van der Waals surface area contributed by atoms with Gasteiger partial charge in [-0.25, -0.2) is 0 Å². The monoisotopic (exact) mass is 418 g/mol. The van der Waals surface area contributed by atoms with E-state index >= 15 is 0 Å². The van der Waals surface area contributed by atoms with Gasteiger partial charge in [0.25, 0.3) is 0 Å². The average molecular weight is 419 g/mol. The summed E-state index contributed by atoms with van der Waals surface area (Å²) in [6, 6.07) is 11.8. The zero-order chi connectivity index (χ0) is 20.2. The lowest BCUT2D eigenvalue weighted by atomic mass is 10.1. The number of aliphatic hydroxyl groups excluding tert-OH is 1. The molecule has 0 aromatic heterocycles. The van der Waals surface area contributed by atoms with Gasteiger partial charge in [-0.1, -0.05) is 23.7 Å². The van der Waals surface area contributed by atoms with Crippen molar-refractivity contribution in [1.29, 1.82) is 0 Å². The van der Waals surface area contributed by atoms with E-state index in [1.165, 1.54) is 11.3 Å². The largest absolute Gasteiger partial charge is 0.454 e. The molecule has 1 atom stereocenters. The number of halogens is 1. The van der Waals surface area contributed by atoms with Gasteiger partial charge >= 0.3 is 0 Å². The molecule has 156 valence electrons. The number of hydrogen-bond donors (Lipinski definition) is 1. The third-order valence-corrected chi connectivity index (χ3v) is 5.60. The van der Waals surface area contributed by atoms with Gasteiger partial charge in [0.2, 0.25) is 6.79 Å². The van der Waals surface area contributed by atoms with E-state index in [9.17, 15) is 5.11 Å². The number of nitrogens with zero attached hydrogens (tertiary/aromatic N) is 2. The number of rotatable bonds is 7. The van der Waals surface area contributed by atoms with Gasteiger partial charge in [-0.05, 0) is 42.3 Å². The van der Waals surface area contributed by atoms with Crippen molar-refractivity contribution in [2.45, 2.75) is 19.6 Å². The fourth-order valence-corrected chi connectivity index (χ4v) is 3.96. The Kier molecular flexibility index (Phi) is 6.45. The van der Waals surface area contributed by atoms with Crippen LogP contribution >= 0.6 is 11.6 Å². The molecule has 0 spiro atoms. The lowest BCUT2D eigenvalue weighted by molar-refractivity contribution is 0.00911. The standard InChI is InChI=1S/C22H27ClN2O4/c1-16-2-4-18(23)11-20(16)25-8-6-24(7-9-25)12-19(26)14-27-13-17-3-5-21-22(10-17)29-15-28-21/h2-5,10-11,19,26H,6-9,12-15H2,1H3/t19-/m0/s1. The van der Waals surface area contributed by atoms with Crippen LogP contribution in [0.25, 0.3) is 0 Å². The second kappa shape index (κ2) is 9.22. The maximum Gasteiger partial charge on any atom is 0.231 e. The van der Waals surface area contributed by atoms with Crippen LogP contribution in [0.1, 0.15) is 11.1 Å². The highest BCUT2D eigenvalue weighted by Gasteiger charge is 2.21. The fraction of sp³-hybridized carbons (Fsp3) is 0.455. The van der Waals surface area contributed by atoms with E-state index in [2.05, 4.69) is 22.8 Å². The van der Waals surface area contributed by atoms with Crippen molar-refractivity contribution in [3.63, 3.8) is 0 Å². The predicted molar refractivity (Wildman–Crippen MR) is 113 cm³/mol. The number of benzene rings is 2. The van der Waals surface area contributed by atoms with Crippen molar-refractivity contribution >= 4 is 17.3 Å². The van der Waals surface area contributed by atoms with Crippen molar-refractivity contribution in [3.8, 4) is 11.5 Å². The molecule has 0 saturated carbocycles. The van der Waals surface area contributed by atoms with Gasteiger partial charge < -0.3 is 24.2 Å². The molecule has 2 aromatic rings. The van der Waals surface area contributed by atoms with Gasteiger partial charge in [0, 0.05) is 43.4 Å². The Bertz CT molecular complexity index is 840. The number of aliphatic hydroxyl groups is 1. The van der Waals surface area contributed by atoms with Crippen molar-refractivity contribution in [2.75, 3.05) is 51.0 Å². The number of fused-ring (bicyclic) bond motifs is 1. The number of anilines is 1. The van der Waals surface area contributed by atoms with Gasteiger partial charge in [0.1, 0.15) is 0 Å². The third-order valence-electron chi connectivity index (χ3n) is 5.37. The van der Waals surface area contributed by atoms with Crippen LogP contribution in [-0.4, -0.2) is 62.2 Å². The Hall–Kier alpha value is -1.99. The maximum atomic E-state index is 10.4. The molecular weight excluding hydrogens is 392 g/mol. The van der Waals surface area contributed by atoms with E-state index in [0.29, 0.717) is 19.8 Å². The highest BCUT2D eigenvalue weighted by atomic mass is 35.5. The third kappa shape index (κ3) is 5.14. The summed E-state index contributed by atoms with van der Waals surface area (Å²) in [5.74, 6) is 1.51. The quantitative estimate of drug-likeness (QED) is 0.745. The molecule has 2 aliphatic heterocycles. The molecule has 0 amide bonds. The minimum atomic E-state index is -0.511. The number of aryl methyl sites for hydroxylation is 1. The first kappa shape index (κ1) is 20.3. The van der Waals surface area contributed by atoms with E-state index in [0.717, 1.165) is 48.3 Å². The molecule has 0 bridgehead atoms. The van der Waals surface area contributed by atoms with Gasteiger partial charge in [0.15, 0.2) is 11.5 Å². The summed E-state index contributed by atoms with van der Waals surface area (Å²) in [6.45, 7) is 7.40. The van der Waals surface area contributed by atoms with E-state index in [4.69, 9.17) is 25.8 Å². The van der Waals surface area contributed by atoms with E-state index in [-0.39, 0.29) is 6.79 Å². The molecular formula is C22H27ClN2O4. The van der Waals surface area contributed by atoms with E-state index in [1.807, 2.05) is 30.3 Å². The highest BCUT2D eigenvalue weighted by Crippen LogP contribution is 2.32. The SMILES string of the molecule is Cc1ccc(Cl)cc1N1CCN(C[C@H](O)COCc2ccc3c(c2)OCO3)CC1. The lowest BCUT2D eigenvalue weighted by Crippen LogP contribution is -2.49. The summed E-state index contributed by atoms with van der Waals surface area (Å²) in [7, 11) is 0. The molecule has 0 radical (unpaired) electrons. The fourth-order valence-electron chi connectivity index (χ4n) is 3.79. The first-order chi connectivity index (χ1) is 14.1.